The van der Waals surface area contributed by atoms with E-state index in [0.29, 0.717) is 23.7 Å². The van der Waals surface area contributed by atoms with Crippen LogP contribution < -0.4 is 9.47 Å². The highest BCUT2D eigenvalue weighted by Gasteiger charge is 2.04. The maximum absolute atomic E-state index is 12.1. The summed E-state index contributed by atoms with van der Waals surface area (Å²) in [5.41, 5.74) is 0.495. The summed E-state index contributed by atoms with van der Waals surface area (Å²) in [4.78, 5) is 12.1. The second-order valence-electron chi connectivity index (χ2n) is 5.74. The van der Waals surface area contributed by atoms with E-state index in [9.17, 15) is 9.90 Å². The molecule has 0 aliphatic heterocycles. The molecule has 0 saturated carbocycles. The van der Waals surface area contributed by atoms with Crippen LogP contribution in [-0.4, -0.2) is 17.5 Å². The van der Waals surface area contributed by atoms with Crippen molar-refractivity contribution in [3.63, 3.8) is 0 Å². The van der Waals surface area contributed by atoms with Crippen molar-refractivity contribution in [1.82, 2.24) is 0 Å². The van der Waals surface area contributed by atoms with Gasteiger partial charge in [0.15, 0.2) is 5.78 Å². The molecule has 0 atom stereocenters. The van der Waals surface area contributed by atoms with Crippen LogP contribution in [0.5, 0.6) is 17.2 Å². The number of aromatic hydroxyl groups is 1. The number of ether oxygens (including phenoxy) is 2. The molecular weight excluding hydrogens is 344 g/mol. The van der Waals surface area contributed by atoms with Crippen LogP contribution in [0.3, 0.4) is 0 Å². The van der Waals surface area contributed by atoms with Crippen LogP contribution in [0.2, 0.25) is 0 Å². The molecule has 1 N–H and O–H groups in total. The molecule has 0 saturated heterocycles. The van der Waals surface area contributed by atoms with Crippen LogP contribution in [0, 0.1) is 0 Å². The number of ketones is 1. The maximum atomic E-state index is 12.1. The van der Waals surface area contributed by atoms with E-state index < -0.39 is 0 Å². The van der Waals surface area contributed by atoms with Crippen molar-refractivity contribution in [3.8, 4) is 17.2 Å². The van der Waals surface area contributed by atoms with Gasteiger partial charge in [0.05, 0.1) is 6.61 Å². The monoisotopic (exact) mass is 364 g/mol. The summed E-state index contributed by atoms with van der Waals surface area (Å²) in [6, 6.07) is 17.1. The fraction of sp³-hybridized carbons (Fsp3) is 0.136. The van der Waals surface area contributed by atoms with E-state index in [1.807, 2.05) is 31.2 Å². The van der Waals surface area contributed by atoms with Crippen molar-refractivity contribution in [2.75, 3.05) is 6.61 Å². The standard InChI is InChI=1S/C22H20O5/c1-2-25-18-7-9-19(10-8-18)26-15-21-12-11-20(27-21)13-14-22(24)16-3-5-17(23)6-4-16/h3-14,23H,2,15H2,1H3/b14-13+. The lowest BCUT2D eigenvalue weighted by atomic mass is 10.1. The minimum Gasteiger partial charge on any atom is -0.508 e. The number of phenolic OH excluding ortho intramolecular Hbond substituents is 1. The van der Waals surface area contributed by atoms with Gasteiger partial charge in [-0.3, -0.25) is 4.79 Å². The Morgan fingerprint density at radius 1 is 0.963 bits per heavy atom. The van der Waals surface area contributed by atoms with Crippen LogP contribution >= 0.6 is 0 Å². The van der Waals surface area contributed by atoms with Gasteiger partial charge in [-0.15, -0.1) is 0 Å². The van der Waals surface area contributed by atoms with Crippen LogP contribution in [0.25, 0.3) is 6.08 Å². The lowest BCUT2D eigenvalue weighted by Crippen LogP contribution is -1.94. The number of carbonyl (C=O) groups excluding carboxylic acids is 1. The van der Waals surface area contributed by atoms with E-state index >= 15 is 0 Å². The average Bonchev–Trinajstić information content (AvgIpc) is 3.14. The van der Waals surface area contributed by atoms with Crippen LogP contribution in [0.4, 0.5) is 0 Å². The minimum atomic E-state index is -0.168. The number of furan rings is 1. The number of carbonyl (C=O) groups is 1. The lowest BCUT2D eigenvalue weighted by Gasteiger charge is -2.06. The Kier molecular flexibility index (Phi) is 5.94. The molecule has 0 fully saturated rings. The van der Waals surface area contributed by atoms with Crippen molar-refractivity contribution < 1.29 is 23.8 Å². The molecule has 0 bridgehead atoms. The van der Waals surface area contributed by atoms with E-state index in [4.69, 9.17) is 13.9 Å². The van der Waals surface area contributed by atoms with Gasteiger partial charge in [0.25, 0.3) is 0 Å². The number of hydrogen-bond acceptors (Lipinski definition) is 5. The molecule has 0 aliphatic carbocycles. The predicted octanol–water partition coefficient (Wildman–Crippen LogP) is 4.86. The van der Waals surface area contributed by atoms with E-state index in [2.05, 4.69) is 0 Å². The second kappa shape index (κ2) is 8.76. The molecule has 0 unspecified atom stereocenters. The van der Waals surface area contributed by atoms with Gasteiger partial charge in [-0.2, -0.15) is 0 Å². The smallest absolute Gasteiger partial charge is 0.185 e. The highest BCUT2D eigenvalue weighted by molar-refractivity contribution is 6.06. The molecule has 27 heavy (non-hydrogen) atoms. The molecule has 5 nitrogen and oxygen atoms in total. The Balaban J connectivity index is 1.54. The molecule has 0 spiro atoms. The summed E-state index contributed by atoms with van der Waals surface area (Å²) < 4.78 is 16.7. The van der Waals surface area contributed by atoms with Gasteiger partial charge in [-0.25, -0.2) is 0 Å². The first-order valence-electron chi connectivity index (χ1n) is 8.60. The van der Waals surface area contributed by atoms with Gasteiger partial charge < -0.3 is 19.0 Å². The van der Waals surface area contributed by atoms with Gasteiger partial charge in [-0.1, -0.05) is 0 Å². The molecule has 3 aromatic rings. The van der Waals surface area contributed by atoms with Gasteiger partial charge in [-0.05, 0) is 79.7 Å². The van der Waals surface area contributed by atoms with E-state index in [1.165, 1.54) is 18.2 Å². The van der Waals surface area contributed by atoms with Crippen molar-refractivity contribution >= 4 is 11.9 Å². The quantitative estimate of drug-likeness (QED) is 0.457. The molecule has 1 heterocycles. The summed E-state index contributed by atoms with van der Waals surface area (Å²) >= 11 is 0. The second-order valence-corrected chi connectivity index (χ2v) is 5.74. The van der Waals surface area contributed by atoms with Gasteiger partial charge in [0.2, 0.25) is 0 Å². The maximum Gasteiger partial charge on any atom is 0.185 e. The normalized spacial score (nSPS) is 10.9. The van der Waals surface area contributed by atoms with Crippen molar-refractivity contribution in [3.05, 3.63) is 83.8 Å². The molecule has 0 amide bonds. The summed E-state index contributed by atoms with van der Waals surface area (Å²) in [5.74, 6) is 2.69. The topological polar surface area (TPSA) is 68.9 Å². The fourth-order valence-corrected chi connectivity index (χ4v) is 2.39. The van der Waals surface area contributed by atoms with Crippen LogP contribution in [0.15, 0.2) is 71.2 Å². The Morgan fingerprint density at radius 2 is 1.63 bits per heavy atom. The van der Waals surface area contributed by atoms with Crippen LogP contribution in [-0.2, 0) is 6.61 Å². The molecule has 3 rings (SSSR count). The summed E-state index contributed by atoms with van der Waals surface area (Å²) in [5, 5.41) is 9.26. The molecule has 1 aromatic heterocycles. The van der Waals surface area contributed by atoms with Gasteiger partial charge in [0.1, 0.15) is 35.4 Å². The summed E-state index contributed by atoms with van der Waals surface area (Å²) in [7, 11) is 0. The van der Waals surface area contributed by atoms with Crippen molar-refractivity contribution in [1.29, 1.82) is 0 Å². The number of allylic oxidation sites excluding steroid dienone is 1. The fourth-order valence-electron chi connectivity index (χ4n) is 2.39. The van der Waals surface area contributed by atoms with E-state index in [0.717, 1.165) is 11.5 Å². The molecular formula is C22H20O5. The molecule has 0 radical (unpaired) electrons. The van der Waals surface area contributed by atoms with E-state index in [-0.39, 0.29) is 18.1 Å². The first-order chi connectivity index (χ1) is 13.1. The zero-order valence-corrected chi connectivity index (χ0v) is 14.9. The first-order valence-corrected chi connectivity index (χ1v) is 8.60. The zero-order chi connectivity index (χ0) is 19.1. The molecule has 138 valence electrons. The molecule has 5 heteroatoms. The first kappa shape index (κ1) is 18.3. The third-order valence-electron chi connectivity index (χ3n) is 3.75. The number of rotatable bonds is 8. The van der Waals surface area contributed by atoms with Crippen molar-refractivity contribution in [2.45, 2.75) is 13.5 Å². The van der Waals surface area contributed by atoms with Gasteiger partial charge >= 0.3 is 0 Å². The predicted molar refractivity (Wildman–Crippen MR) is 102 cm³/mol. The van der Waals surface area contributed by atoms with E-state index in [1.54, 1.807) is 30.3 Å². The Bertz CT molecular complexity index is 905. The Morgan fingerprint density at radius 3 is 2.30 bits per heavy atom. The third kappa shape index (κ3) is 5.25. The summed E-state index contributed by atoms with van der Waals surface area (Å²) in [6.45, 7) is 2.84. The zero-order valence-electron chi connectivity index (χ0n) is 14.9. The number of phenols is 1. The highest BCUT2D eigenvalue weighted by atomic mass is 16.5. The average molecular weight is 364 g/mol. The van der Waals surface area contributed by atoms with Gasteiger partial charge in [0, 0.05) is 5.56 Å². The largest absolute Gasteiger partial charge is 0.508 e. The molecule has 2 aromatic carbocycles. The highest BCUT2D eigenvalue weighted by Crippen LogP contribution is 2.19. The number of hydrogen-bond donors (Lipinski definition) is 1. The third-order valence-corrected chi connectivity index (χ3v) is 3.75. The number of benzene rings is 2. The Hall–Kier alpha value is -3.47. The molecule has 0 aliphatic rings. The SMILES string of the molecule is CCOc1ccc(OCc2ccc(/C=C/C(=O)c3ccc(O)cc3)o2)cc1. The summed E-state index contributed by atoms with van der Waals surface area (Å²) in [6.07, 6.45) is 3.04. The minimum absolute atomic E-state index is 0.124. The Labute approximate surface area is 157 Å². The lowest BCUT2D eigenvalue weighted by molar-refractivity contribution is 0.104. The van der Waals surface area contributed by atoms with Crippen molar-refractivity contribution in [2.24, 2.45) is 0 Å². The van der Waals surface area contributed by atoms with Crippen LogP contribution in [0.1, 0.15) is 28.8 Å².